The molecule has 2 atom stereocenters. The van der Waals surface area contributed by atoms with E-state index in [1.165, 1.54) is 0 Å². The number of aliphatic hydroxyl groups excluding tert-OH is 1. The van der Waals surface area contributed by atoms with E-state index in [2.05, 4.69) is 4.72 Å². The van der Waals surface area contributed by atoms with Crippen LogP contribution in [0.15, 0.2) is 18.2 Å². The van der Waals surface area contributed by atoms with Crippen molar-refractivity contribution in [3.05, 3.63) is 35.4 Å². The molecular formula is C13H19F2NO3S. The first-order valence-electron chi connectivity index (χ1n) is 6.34. The van der Waals surface area contributed by atoms with Crippen molar-refractivity contribution in [1.82, 2.24) is 4.72 Å². The Morgan fingerprint density at radius 2 is 2.00 bits per heavy atom. The minimum atomic E-state index is -3.78. The number of sulfonamides is 1. The first-order valence-corrected chi connectivity index (χ1v) is 7.99. The monoisotopic (exact) mass is 307 g/mol. The van der Waals surface area contributed by atoms with Crippen LogP contribution in [0.3, 0.4) is 0 Å². The molecule has 0 aromatic heterocycles. The van der Waals surface area contributed by atoms with Gasteiger partial charge in [-0.1, -0.05) is 26.3 Å². The fourth-order valence-electron chi connectivity index (χ4n) is 1.58. The number of benzene rings is 1. The fraction of sp³-hybridized carbons (Fsp3) is 0.538. The highest BCUT2D eigenvalue weighted by Gasteiger charge is 2.18. The summed E-state index contributed by atoms with van der Waals surface area (Å²) in [4.78, 5) is 0. The summed E-state index contributed by atoms with van der Waals surface area (Å²) in [6, 6.07) is 2.73. The summed E-state index contributed by atoms with van der Waals surface area (Å²) in [6.45, 7) is 3.56. The standard InChI is InChI=1S/C13H19F2NO3S/c1-3-9(2)13(17)7-16-20(18,19)8-10-4-5-11(14)6-12(10)15/h4-6,9,13,16-17H,3,7-8H2,1-2H3/t9-,13+/m0/s1. The molecule has 0 spiro atoms. The number of hydrogen-bond donors (Lipinski definition) is 2. The first-order chi connectivity index (χ1) is 9.25. The number of nitrogens with one attached hydrogen (secondary N) is 1. The van der Waals surface area contributed by atoms with E-state index in [9.17, 15) is 22.3 Å². The maximum absolute atomic E-state index is 13.4. The van der Waals surface area contributed by atoms with Crippen molar-refractivity contribution in [1.29, 1.82) is 0 Å². The molecule has 0 bridgehead atoms. The number of rotatable bonds is 7. The smallest absolute Gasteiger partial charge is 0.215 e. The van der Waals surface area contributed by atoms with Crippen LogP contribution in [-0.4, -0.2) is 26.2 Å². The fourth-order valence-corrected chi connectivity index (χ4v) is 2.75. The van der Waals surface area contributed by atoms with E-state index in [4.69, 9.17) is 0 Å². The average Bonchev–Trinajstić information content (AvgIpc) is 2.38. The van der Waals surface area contributed by atoms with Gasteiger partial charge in [0.05, 0.1) is 11.9 Å². The Morgan fingerprint density at radius 3 is 2.55 bits per heavy atom. The van der Waals surface area contributed by atoms with Crippen molar-refractivity contribution >= 4 is 10.0 Å². The summed E-state index contributed by atoms with van der Waals surface area (Å²) < 4.78 is 51.9. The molecule has 1 rings (SSSR count). The van der Waals surface area contributed by atoms with Gasteiger partial charge >= 0.3 is 0 Å². The van der Waals surface area contributed by atoms with Crippen molar-refractivity contribution in [3.8, 4) is 0 Å². The minimum Gasteiger partial charge on any atom is -0.391 e. The maximum Gasteiger partial charge on any atom is 0.215 e. The Morgan fingerprint density at radius 1 is 1.35 bits per heavy atom. The topological polar surface area (TPSA) is 66.4 Å². The highest BCUT2D eigenvalue weighted by atomic mass is 32.2. The lowest BCUT2D eigenvalue weighted by atomic mass is 10.0. The lowest BCUT2D eigenvalue weighted by Gasteiger charge is -2.17. The summed E-state index contributed by atoms with van der Waals surface area (Å²) in [5, 5.41) is 9.69. The Kier molecular flexibility index (Phi) is 6.04. The third-order valence-corrected chi connectivity index (χ3v) is 4.47. The van der Waals surface area contributed by atoms with Crippen molar-refractivity contribution < 1.29 is 22.3 Å². The quantitative estimate of drug-likeness (QED) is 0.807. The number of halogens is 2. The van der Waals surface area contributed by atoms with E-state index < -0.39 is 33.5 Å². The van der Waals surface area contributed by atoms with Gasteiger partial charge in [-0.25, -0.2) is 21.9 Å². The van der Waals surface area contributed by atoms with E-state index in [0.717, 1.165) is 18.6 Å². The molecule has 1 aromatic carbocycles. The van der Waals surface area contributed by atoms with Crippen molar-refractivity contribution in [3.63, 3.8) is 0 Å². The summed E-state index contributed by atoms with van der Waals surface area (Å²) in [5.41, 5.74) is -0.114. The lowest BCUT2D eigenvalue weighted by Crippen LogP contribution is -2.36. The van der Waals surface area contributed by atoms with Gasteiger partial charge in [0.25, 0.3) is 0 Å². The maximum atomic E-state index is 13.4. The molecular weight excluding hydrogens is 288 g/mol. The molecule has 0 aliphatic rings. The molecule has 0 aliphatic carbocycles. The van der Waals surface area contributed by atoms with Crippen LogP contribution in [0.1, 0.15) is 25.8 Å². The SMILES string of the molecule is CC[C@H](C)[C@H](O)CNS(=O)(=O)Cc1ccc(F)cc1F. The summed E-state index contributed by atoms with van der Waals surface area (Å²) in [6.07, 6.45) is -0.0806. The van der Waals surface area contributed by atoms with Gasteiger partial charge in [-0.15, -0.1) is 0 Å². The van der Waals surface area contributed by atoms with Gasteiger partial charge in [0.2, 0.25) is 10.0 Å². The Balaban J connectivity index is 2.66. The molecule has 114 valence electrons. The van der Waals surface area contributed by atoms with Crippen molar-refractivity contribution in [2.24, 2.45) is 5.92 Å². The van der Waals surface area contributed by atoms with Gasteiger partial charge in [-0.3, -0.25) is 0 Å². The molecule has 0 unspecified atom stereocenters. The van der Waals surface area contributed by atoms with E-state index in [1.54, 1.807) is 6.92 Å². The first kappa shape index (κ1) is 17.0. The van der Waals surface area contributed by atoms with Crippen LogP contribution in [0.5, 0.6) is 0 Å². The average molecular weight is 307 g/mol. The van der Waals surface area contributed by atoms with Crippen LogP contribution in [0.4, 0.5) is 8.78 Å². The molecule has 4 nitrogen and oxygen atoms in total. The summed E-state index contributed by atoms with van der Waals surface area (Å²) >= 11 is 0. The van der Waals surface area contributed by atoms with Gasteiger partial charge in [0.15, 0.2) is 0 Å². The molecule has 2 N–H and O–H groups in total. The molecule has 0 fully saturated rings. The molecule has 0 radical (unpaired) electrons. The predicted molar refractivity (Wildman–Crippen MR) is 72.4 cm³/mol. The van der Waals surface area contributed by atoms with E-state index in [0.29, 0.717) is 6.07 Å². The Labute approximate surface area is 117 Å². The van der Waals surface area contributed by atoms with Crippen LogP contribution < -0.4 is 4.72 Å². The van der Waals surface area contributed by atoms with Crippen molar-refractivity contribution in [2.45, 2.75) is 32.1 Å². The second-order valence-electron chi connectivity index (χ2n) is 4.80. The van der Waals surface area contributed by atoms with Crippen LogP contribution >= 0.6 is 0 Å². The van der Waals surface area contributed by atoms with Gasteiger partial charge in [-0.05, 0) is 12.0 Å². The van der Waals surface area contributed by atoms with Gasteiger partial charge in [0.1, 0.15) is 11.6 Å². The number of aliphatic hydroxyl groups is 1. The van der Waals surface area contributed by atoms with Gasteiger partial charge in [0, 0.05) is 18.2 Å². The van der Waals surface area contributed by atoms with Crippen molar-refractivity contribution in [2.75, 3.05) is 6.54 Å². The van der Waals surface area contributed by atoms with Gasteiger partial charge < -0.3 is 5.11 Å². The van der Waals surface area contributed by atoms with Crippen LogP contribution in [0.25, 0.3) is 0 Å². The normalized spacial score (nSPS) is 15.1. The molecule has 0 saturated heterocycles. The zero-order chi connectivity index (χ0) is 15.3. The zero-order valence-electron chi connectivity index (χ0n) is 11.4. The summed E-state index contributed by atoms with van der Waals surface area (Å²) in [5.74, 6) is -2.30. The lowest BCUT2D eigenvalue weighted by molar-refractivity contribution is 0.118. The van der Waals surface area contributed by atoms with E-state index in [1.807, 2.05) is 6.92 Å². The van der Waals surface area contributed by atoms with E-state index in [-0.39, 0.29) is 18.0 Å². The second kappa shape index (κ2) is 7.10. The van der Waals surface area contributed by atoms with Crippen LogP contribution in [-0.2, 0) is 15.8 Å². The largest absolute Gasteiger partial charge is 0.391 e. The van der Waals surface area contributed by atoms with E-state index >= 15 is 0 Å². The zero-order valence-corrected chi connectivity index (χ0v) is 12.3. The summed E-state index contributed by atoms with van der Waals surface area (Å²) in [7, 11) is -3.78. The molecule has 1 aromatic rings. The molecule has 0 amide bonds. The Bertz CT molecular complexity index is 549. The highest BCUT2D eigenvalue weighted by molar-refractivity contribution is 7.88. The third kappa shape index (κ3) is 5.15. The van der Waals surface area contributed by atoms with Gasteiger partial charge in [-0.2, -0.15) is 0 Å². The highest BCUT2D eigenvalue weighted by Crippen LogP contribution is 2.13. The molecule has 0 saturated carbocycles. The number of hydrogen-bond acceptors (Lipinski definition) is 3. The molecule has 20 heavy (non-hydrogen) atoms. The molecule has 0 aliphatic heterocycles. The molecule has 7 heteroatoms. The second-order valence-corrected chi connectivity index (χ2v) is 6.60. The minimum absolute atomic E-state index is 0.0414. The van der Waals surface area contributed by atoms with Crippen LogP contribution in [0, 0.1) is 17.6 Å². The predicted octanol–water partition coefficient (Wildman–Crippen LogP) is 1.79. The molecule has 0 heterocycles. The Hall–Kier alpha value is -1.05. The third-order valence-electron chi connectivity index (χ3n) is 3.17. The van der Waals surface area contributed by atoms with Crippen LogP contribution in [0.2, 0.25) is 0 Å².